The van der Waals surface area contributed by atoms with Crippen LogP contribution < -0.4 is 5.32 Å². The first-order valence-corrected chi connectivity index (χ1v) is 7.02. The molecule has 0 radical (unpaired) electrons. The molecule has 1 saturated heterocycles. The van der Waals surface area contributed by atoms with Crippen LogP contribution in [0.1, 0.15) is 12.5 Å². The maximum absolute atomic E-state index is 11.9. The van der Waals surface area contributed by atoms with Gasteiger partial charge < -0.3 is 10.1 Å². The molecule has 1 aromatic heterocycles. The van der Waals surface area contributed by atoms with E-state index < -0.39 is 24.0 Å². The molecule has 1 atom stereocenters. The van der Waals surface area contributed by atoms with Gasteiger partial charge in [0, 0.05) is 19.2 Å². The number of esters is 1. The zero-order valence-electron chi connectivity index (χ0n) is 10.9. The Bertz CT molecular complexity index is 539. The number of amides is 3. The standard InChI is InChI=1S/C13H14N2O4S/c1-9(12(17)15-6-5-14-13(15)18)19-11(16)3-2-10-4-7-20-8-10/h2-4,7-9H,5-6H2,1H3,(H,14,18)/b3-2+/t9-/m1/s1. The van der Waals surface area contributed by atoms with E-state index in [1.54, 1.807) is 6.08 Å². The summed E-state index contributed by atoms with van der Waals surface area (Å²) in [6, 6.07) is 1.41. The van der Waals surface area contributed by atoms with Crippen LogP contribution in [0.3, 0.4) is 0 Å². The monoisotopic (exact) mass is 294 g/mol. The fourth-order valence-corrected chi connectivity index (χ4v) is 2.33. The summed E-state index contributed by atoms with van der Waals surface area (Å²) in [5.74, 6) is -1.13. The van der Waals surface area contributed by atoms with E-state index in [9.17, 15) is 14.4 Å². The lowest BCUT2D eigenvalue weighted by Gasteiger charge is -2.17. The number of hydrogen-bond acceptors (Lipinski definition) is 5. The van der Waals surface area contributed by atoms with Crippen LogP contribution in [0.2, 0.25) is 0 Å². The van der Waals surface area contributed by atoms with Gasteiger partial charge in [-0.05, 0) is 35.4 Å². The molecule has 1 fully saturated rings. The van der Waals surface area contributed by atoms with Crippen LogP contribution in [0.5, 0.6) is 0 Å². The van der Waals surface area contributed by atoms with Crippen molar-refractivity contribution in [3.05, 3.63) is 28.5 Å². The lowest BCUT2D eigenvalue weighted by atomic mass is 10.3. The largest absolute Gasteiger partial charge is 0.449 e. The van der Waals surface area contributed by atoms with Crippen molar-refractivity contribution in [2.45, 2.75) is 13.0 Å². The molecule has 7 heteroatoms. The first-order valence-electron chi connectivity index (χ1n) is 6.08. The minimum atomic E-state index is -0.988. The van der Waals surface area contributed by atoms with Crippen molar-refractivity contribution >= 4 is 35.3 Å². The van der Waals surface area contributed by atoms with Crippen LogP contribution in [-0.4, -0.2) is 42.0 Å². The van der Waals surface area contributed by atoms with Gasteiger partial charge in [0.05, 0.1) is 0 Å². The van der Waals surface area contributed by atoms with Crippen LogP contribution in [0, 0.1) is 0 Å². The molecular formula is C13H14N2O4S. The van der Waals surface area contributed by atoms with Gasteiger partial charge in [-0.15, -0.1) is 0 Å². The van der Waals surface area contributed by atoms with Crippen LogP contribution in [-0.2, 0) is 14.3 Å². The van der Waals surface area contributed by atoms with Crippen molar-refractivity contribution in [2.24, 2.45) is 0 Å². The Balaban J connectivity index is 1.87. The SMILES string of the molecule is C[C@@H](OC(=O)/C=C/c1ccsc1)C(=O)N1CCNC1=O. The van der Waals surface area contributed by atoms with E-state index >= 15 is 0 Å². The highest BCUT2D eigenvalue weighted by molar-refractivity contribution is 7.08. The number of thiophene rings is 1. The molecule has 0 saturated carbocycles. The molecular weight excluding hydrogens is 280 g/mol. The Hall–Kier alpha value is -2.15. The number of nitrogens with one attached hydrogen (secondary N) is 1. The Morgan fingerprint density at radius 3 is 2.95 bits per heavy atom. The van der Waals surface area contributed by atoms with E-state index in [1.165, 1.54) is 24.3 Å². The third-order valence-electron chi connectivity index (χ3n) is 2.72. The number of urea groups is 1. The minimum Gasteiger partial charge on any atom is -0.449 e. The molecule has 1 N–H and O–H groups in total. The number of carbonyl (C=O) groups is 3. The van der Waals surface area contributed by atoms with E-state index in [0.717, 1.165) is 10.5 Å². The molecule has 20 heavy (non-hydrogen) atoms. The van der Waals surface area contributed by atoms with Crippen molar-refractivity contribution < 1.29 is 19.1 Å². The highest BCUT2D eigenvalue weighted by Crippen LogP contribution is 2.09. The van der Waals surface area contributed by atoms with Gasteiger partial charge in [-0.2, -0.15) is 11.3 Å². The highest BCUT2D eigenvalue weighted by atomic mass is 32.1. The average Bonchev–Trinajstić information content (AvgIpc) is 3.06. The molecule has 1 aromatic rings. The van der Waals surface area contributed by atoms with Crippen LogP contribution in [0.4, 0.5) is 4.79 Å². The van der Waals surface area contributed by atoms with E-state index in [2.05, 4.69) is 5.32 Å². The minimum absolute atomic E-state index is 0.296. The molecule has 0 bridgehead atoms. The summed E-state index contributed by atoms with van der Waals surface area (Å²) in [5.41, 5.74) is 0.893. The quantitative estimate of drug-likeness (QED) is 0.669. The maximum atomic E-state index is 11.9. The van der Waals surface area contributed by atoms with Crippen LogP contribution in [0.25, 0.3) is 6.08 Å². The molecule has 0 spiro atoms. The molecule has 0 aromatic carbocycles. The number of ether oxygens (including phenoxy) is 1. The van der Waals surface area contributed by atoms with Gasteiger partial charge in [0.25, 0.3) is 5.91 Å². The summed E-state index contributed by atoms with van der Waals surface area (Å²) in [6.07, 6.45) is 1.88. The Morgan fingerprint density at radius 2 is 2.35 bits per heavy atom. The van der Waals surface area contributed by atoms with Gasteiger partial charge in [0.2, 0.25) is 0 Å². The third-order valence-corrected chi connectivity index (χ3v) is 3.42. The molecule has 3 amide bonds. The van der Waals surface area contributed by atoms with E-state index in [1.807, 2.05) is 16.8 Å². The molecule has 6 nitrogen and oxygen atoms in total. The second-order valence-corrected chi connectivity index (χ2v) is 4.97. The first kappa shape index (κ1) is 14.3. The second-order valence-electron chi connectivity index (χ2n) is 4.19. The van der Waals surface area contributed by atoms with Crippen molar-refractivity contribution in [3.8, 4) is 0 Å². The van der Waals surface area contributed by atoms with Gasteiger partial charge in [-0.25, -0.2) is 9.59 Å². The Kier molecular flexibility index (Phi) is 4.52. The third kappa shape index (κ3) is 3.45. The van der Waals surface area contributed by atoms with Crippen molar-refractivity contribution in [2.75, 3.05) is 13.1 Å². The van der Waals surface area contributed by atoms with Gasteiger partial charge >= 0.3 is 12.0 Å². The average molecular weight is 294 g/mol. The number of hydrogen-bond donors (Lipinski definition) is 1. The summed E-state index contributed by atoms with van der Waals surface area (Å²) >= 11 is 1.52. The molecule has 106 valence electrons. The van der Waals surface area contributed by atoms with E-state index in [-0.39, 0.29) is 0 Å². The summed E-state index contributed by atoms with van der Waals surface area (Å²) in [7, 11) is 0. The van der Waals surface area contributed by atoms with E-state index in [4.69, 9.17) is 4.74 Å². The molecule has 0 aliphatic carbocycles. The molecule has 2 rings (SSSR count). The van der Waals surface area contributed by atoms with Crippen molar-refractivity contribution in [3.63, 3.8) is 0 Å². The smallest absolute Gasteiger partial charge is 0.331 e. The summed E-state index contributed by atoms with van der Waals surface area (Å²) in [6.45, 7) is 2.16. The molecule has 0 unspecified atom stereocenters. The highest BCUT2D eigenvalue weighted by Gasteiger charge is 2.31. The molecule has 1 aliphatic rings. The second kappa shape index (κ2) is 6.33. The van der Waals surface area contributed by atoms with E-state index in [0.29, 0.717) is 13.1 Å². The maximum Gasteiger partial charge on any atom is 0.331 e. The first-order chi connectivity index (χ1) is 9.58. The lowest BCUT2D eigenvalue weighted by Crippen LogP contribution is -2.41. The molecule has 2 heterocycles. The fraction of sp³-hybridized carbons (Fsp3) is 0.308. The zero-order valence-corrected chi connectivity index (χ0v) is 11.7. The summed E-state index contributed by atoms with van der Waals surface area (Å²) in [4.78, 5) is 35.8. The normalized spacial score (nSPS) is 16.2. The van der Waals surface area contributed by atoms with Gasteiger partial charge in [-0.1, -0.05) is 0 Å². The van der Waals surface area contributed by atoms with Gasteiger partial charge in [-0.3, -0.25) is 9.69 Å². The lowest BCUT2D eigenvalue weighted by molar-refractivity contribution is -0.153. The summed E-state index contributed by atoms with van der Waals surface area (Å²) < 4.78 is 4.98. The molecule has 1 aliphatic heterocycles. The summed E-state index contributed by atoms with van der Waals surface area (Å²) in [5, 5.41) is 6.29. The van der Waals surface area contributed by atoms with Gasteiger partial charge in [0.1, 0.15) is 0 Å². The zero-order chi connectivity index (χ0) is 14.5. The number of nitrogens with zero attached hydrogens (tertiary/aromatic N) is 1. The number of rotatable bonds is 4. The predicted octanol–water partition coefficient (Wildman–Crippen LogP) is 1.24. The fourth-order valence-electron chi connectivity index (χ4n) is 1.70. The van der Waals surface area contributed by atoms with Gasteiger partial charge in [0.15, 0.2) is 6.10 Å². The van der Waals surface area contributed by atoms with Crippen LogP contribution >= 0.6 is 11.3 Å². The number of carbonyl (C=O) groups excluding carboxylic acids is 3. The van der Waals surface area contributed by atoms with Crippen LogP contribution in [0.15, 0.2) is 22.9 Å². The van der Waals surface area contributed by atoms with Crippen molar-refractivity contribution in [1.82, 2.24) is 10.2 Å². The Labute approximate surface area is 120 Å². The van der Waals surface area contributed by atoms with Crippen molar-refractivity contribution in [1.29, 1.82) is 0 Å². The Morgan fingerprint density at radius 1 is 1.55 bits per heavy atom. The predicted molar refractivity (Wildman–Crippen MR) is 74.0 cm³/mol. The number of imide groups is 1. The topological polar surface area (TPSA) is 75.7 Å².